The van der Waals surface area contributed by atoms with Crippen molar-refractivity contribution in [3.63, 3.8) is 0 Å². The van der Waals surface area contributed by atoms with E-state index in [0.29, 0.717) is 6.42 Å². The summed E-state index contributed by atoms with van der Waals surface area (Å²) in [6.07, 6.45) is 13.7. The third kappa shape index (κ3) is 11.0. The highest BCUT2D eigenvalue weighted by molar-refractivity contribution is 5.66. The van der Waals surface area contributed by atoms with Gasteiger partial charge in [0.25, 0.3) is 0 Å². The number of carboxylic acid groups (broad SMARTS) is 1. The van der Waals surface area contributed by atoms with Gasteiger partial charge in [-0.25, -0.2) is 0 Å². The summed E-state index contributed by atoms with van der Waals surface area (Å²) in [6.45, 7) is 2.11. The van der Waals surface area contributed by atoms with Gasteiger partial charge in [-0.15, -0.1) is 0 Å². The third-order valence-corrected chi connectivity index (χ3v) is 1.88. The van der Waals surface area contributed by atoms with Crippen molar-refractivity contribution in [2.24, 2.45) is 0 Å². The van der Waals surface area contributed by atoms with Gasteiger partial charge in [0.1, 0.15) is 0 Å². The van der Waals surface area contributed by atoms with E-state index in [1.54, 1.807) is 0 Å². The van der Waals surface area contributed by atoms with E-state index in [1.165, 1.54) is 0 Å². The van der Waals surface area contributed by atoms with Crippen LogP contribution in [-0.2, 0) is 4.79 Å². The molecule has 0 aromatic rings. The van der Waals surface area contributed by atoms with Crippen LogP contribution in [0.5, 0.6) is 0 Å². The first kappa shape index (κ1) is 12.9. The lowest BCUT2D eigenvalue weighted by molar-refractivity contribution is -0.137. The Hall–Kier alpha value is -1.05. The van der Waals surface area contributed by atoms with E-state index in [1.807, 2.05) is 0 Å². The van der Waals surface area contributed by atoms with Crippen molar-refractivity contribution < 1.29 is 9.90 Å². The van der Waals surface area contributed by atoms with Crippen LogP contribution in [0.2, 0.25) is 0 Å². The maximum Gasteiger partial charge on any atom is 0.303 e. The monoisotopic (exact) mass is 196 g/mol. The van der Waals surface area contributed by atoms with Crippen LogP contribution in [0.25, 0.3) is 0 Å². The SMILES string of the molecule is CC/C=C/C=C\CCCCCC(=O)O. The molecule has 2 nitrogen and oxygen atoms in total. The number of unbranched alkanes of at least 4 members (excludes halogenated alkanes) is 3. The van der Waals surface area contributed by atoms with Gasteiger partial charge in [-0.1, -0.05) is 37.6 Å². The number of hydrogen-bond donors (Lipinski definition) is 1. The molecule has 0 bridgehead atoms. The molecule has 0 saturated carbocycles. The van der Waals surface area contributed by atoms with E-state index in [-0.39, 0.29) is 0 Å². The smallest absolute Gasteiger partial charge is 0.303 e. The molecule has 0 atom stereocenters. The van der Waals surface area contributed by atoms with Gasteiger partial charge < -0.3 is 5.11 Å². The minimum Gasteiger partial charge on any atom is -0.481 e. The van der Waals surface area contributed by atoms with Crippen molar-refractivity contribution in [2.45, 2.75) is 45.4 Å². The van der Waals surface area contributed by atoms with E-state index in [9.17, 15) is 4.79 Å². The Morgan fingerprint density at radius 1 is 1.14 bits per heavy atom. The molecule has 0 radical (unpaired) electrons. The molecule has 0 aliphatic heterocycles. The summed E-state index contributed by atoms with van der Waals surface area (Å²) in [6, 6.07) is 0. The lowest BCUT2D eigenvalue weighted by atomic mass is 10.1. The number of aliphatic carboxylic acids is 1. The minimum atomic E-state index is -0.688. The van der Waals surface area contributed by atoms with Crippen LogP contribution in [-0.4, -0.2) is 11.1 Å². The van der Waals surface area contributed by atoms with Gasteiger partial charge in [0.2, 0.25) is 0 Å². The lowest BCUT2D eigenvalue weighted by Crippen LogP contribution is -1.93. The van der Waals surface area contributed by atoms with Crippen LogP contribution in [0.3, 0.4) is 0 Å². The van der Waals surface area contributed by atoms with Crippen molar-refractivity contribution in [3.05, 3.63) is 24.3 Å². The summed E-state index contributed by atoms with van der Waals surface area (Å²) < 4.78 is 0. The second-order valence-electron chi connectivity index (χ2n) is 3.26. The summed E-state index contributed by atoms with van der Waals surface area (Å²) in [5, 5.41) is 8.39. The average Bonchev–Trinajstić information content (AvgIpc) is 2.15. The maximum atomic E-state index is 10.2. The zero-order valence-electron chi connectivity index (χ0n) is 8.91. The topological polar surface area (TPSA) is 37.3 Å². The quantitative estimate of drug-likeness (QED) is 0.476. The Kier molecular flexibility index (Phi) is 9.28. The Morgan fingerprint density at radius 2 is 1.86 bits per heavy atom. The molecule has 2 heteroatoms. The highest BCUT2D eigenvalue weighted by Crippen LogP contribution is 2.03. The van der Waals surface area contributed by atoms with Gasteiger partial charge in [-0.05, 0) is 25.7 Å². The highest BCUT2D eigenvalue weighted by Gasteiger charge is 1.94. The van der Waals surface area contributed by atoms with Crippen molar-refractivity contribution in [1.29, 1.82) is 0 Å². The normalized spacial score (nSPS) is 11.5. The first-order valence-electron chi connectivity index (χ1n) is 5.30. The molecule has 0 amide bonds. The fraction of sp³-hybridized carbons (Fsp3) is 0.583. The van der Waals surface area contributed by atoms with Crippen molar-refractivity contribution >= 4 is 5.97 Å². The summed E-state index contributed by atoms with van der Waals surface area (Å²) in [5.74, 6) is -0.688. The second kappa shape index (κ2) is 10.0. The average molecular weight is 196 g/mol. The Bertz CT molecular complexity index is 192. The summed E-state index contributed by atoms with van der Waals surface area (Å²) in [4.78, 5) is 10.2. The molecule has 14 heavy (non-hydrogen) atoms. The molecule has 0 heterocycles. The summed E-state index contributed by atoms with van der Waals surface area (Å²) in [7, 11) is 0. The van der Waals surface area contributed by atoms with Crippen LogP contribution in [0, 0.1) is 0 Å². The summed E-state index contributed by atoms with van der Waals surface area (Å²) >= 11 is 0. The van der Waals surface area contributed by atoms with Crippen molar-refractivity contribution in [1.82, 2.24) is 0 Å². The highest BCUT2D eigenvalue weighted by atomic mass is 16.4. The molecule has 0 saturated heterocycles. The molecule has 0 aliphatic carbocycles. The zero-order chi connectivity index (χ0) is 10.6. The minimum absolute atomic E-state index is 0.305. The second-order valence-corrected chi connectivity index (χ2v) is 3.26. The zero-order valence-corrected chi connectivity index (χ0v) is 8.91. The number of carbonyl (C=O) groups is 1. The summed E-state index contributed by atoms with van der Waals surface area (Å²) in [5.41, 5.74) is 0. The molecule has 0 aliphatic rings. The molecule has 80 valence electrons. The van der Waals surface area contributed by atoms with E-state index < -0.39 is 5.97 Å². The Morgan fingerprint density at radius 3 is 2.50 bits per heavy atom. The fourth-order valence-corrected chi connectivity index (χ4v) is 1.10. The van der Waals surface area contributed by atoms with Gasteiger partial charge in [-0.2, -0.15) is 0 Å². The van der Waals surface area contributed by atoms with Crippen LogP contribution >= 0.6 is 0 Å². The predicted octanol–water partition coefficient (Wildman–Crippen LogP) is 3.54. The Labute approximate surface area is 86.3 Å². The molecule has 0 fully saturated rings. The first-order valence-corrected chi connectivity index (χ1v) is 5.30. The van der Waals surface area contributed by atoms with Gasteiger partial charge in [0.05, 0.1) is 0 Å². The van der Waals surface area contributed by atoms with Crippen LogP contribution < -0.4 is 0 Å². The molecule has 0 aromatic heterocycles. The fourth-order valence-electron chi connectivity index (χ4n) is 1.10. The number of allylic oxidation sites excluding steroid dienone is 4. The van der Waals surface area contributed by atoms with Gasteiger partial charge >= 0.3 is 5.97 Å². The molecule has 0 aromatic carbocycles. The first-order chi connectivity index (χ1) is 6.77. The standard InChI is InChI=1S/C12H20O2/c1-2-3-4-5-6-7-8-9-10-11-12(13)14/h3-6H,2,7-11H2,1H3,(H,13,14)/b4-3+,6-5-. The predicted molar refractivity (Wildman–Crippen MR) is 59.3 cm³/mol. The van der Waals surface area contributed by atoms with Gasteiger partial charge in [0, 0.05) is 6.42 Å². The lowest BCUT2D eigenvalue weighted by Gasteiger charge is -1.94. The van der Waals surface area contributed by atoms with Crippen LogP contribution in [0.1, 0.15) is 45.4 Å². The van der Waals surface area contributed by atoms with Crippen molar-refractivity contribution in [3.8, 4) is 0 Å². The number of carboxylic acids is 1. The molecule has 0 rings (SSSR count). The third-order valence-electron chi connectivity index (χ3n) is 1.88. The molecule has 0 unspecified atom stereocenters. The van der Waals surface area contributed by atoms with Crippen LogP contribution in [0.15, 0.2) is 24.3 Å². The molecular weight excluding hydrogens is 176 g/mol. The largest absolute Gasteiger partial charge is 0.481 e. The van der Waals surface area contributed by atoms with Gasteiger partial charge in [-0.3, -0.25) is 4.79 Å². The number of hydrogen-bond acceptors (Lipinski definition) is 1. The van der Waals surface area contributed by atoms with Crippen LogP contribution in [0.4, 0.5) is 0 Å². The van der Waals surface area contributed by atoms with Gasteiger partial charge in [0.15, 0.2) is 0 Å². The molecule has 1 N–H and O–H groups in total. The van der Waals surface area contributed by atoms with E-state index in [2.05, 4.69) is 31.2 Å². The molecule has 0 spiro atoms. The Balaban J connectivity index is 3.17. The van der Waals surface area contributed by atoms with E-state index in [0.717, 1.165) is 32.1 Å². The number of rotatable bonds is 8. The van der Waals surface area contributed by atoms with Crippen molar-refractivity contribution in [2.75, 3.05) is 0 Å². The molecular formula is C12H20O2. The van der Waals surface area contributed by atoms with E-state index >= 15 is 0 Å². The van der Waals surface area contributed by atoms with E-state index in [4.69, 9.17) is 5.11 Å². The maximum absolute atomic E-state index is 10.2.